The first-order valence-electron chi connectivity index (χ1n) is 6.09. The van der Waals surface area contributed by atoms with Crippen LogP contribution >= 0.6 is 0 Å². The van der Waals surface area contributed by atoms with E-state index in [4.69, 9.17) is 11.5 Å². The van der Waals surface area contributed by atoms with Crippen LogP contribution in [0, 0.1) is 5.92 Å². The average molecular weight is 232 g/mol. The Morgan fingerprint density at radius 1 is 1.24 bits per heavy atom. The van der Waals surface area contributed by atoms with Crippen LogP contribution in [0.5, 0.6) is 0 Å². The predicted molar refractivity (Wildman–Crippen MR) is 70.4 cm³/mol. The maximum atomic E-state index is 5.77. The van der Waals surface area contributed by atoms with E-state index in [1.807, 2.05) is 24.3 Å². The van der Waals surface area contributed by atoms with Crippen LogP contribution in [0.4, 0.5) is 0 Å². The fraction of sp³-hybridized carbons (Fsp3) is 0.462. The Kier molecular flexibility index (Phi) is 3.98. The molecule has 2 rings (SSSR count). The highest BCUT2D eigenvalue weighted by Gasteiger charge is 2.20. The highest BCUT2D eigenvalue weighted by atomic mass is 15.1. The third-order valence-corrected chi connectivity index (χ3v) is 2.96. The summed E-state index contributed by atoms with van der Waals surface area (Å²) in [5.41, 5.74) is 13.6. The summed E-state index contributed by atoms with van der Waals surface area (Å²) in [4.78, 5) is 4.30. The van der Waals surface area contributed by atoms with Crippen molar-refractivity contribution in [1.82, 2.24) is 5.32 Å². The van der Waals surface area contributed by atoms with Crippen LogP contribution in [0.15, 0.2) is 29.3 Å². The topological polar surface area (TPSA) is 76.4 Å². The summed E-state index contributed by atoms with van der Waals surface area (Å²) in [6.45, 7) is 2.16. The van der Waals surface area contributed by atoms with Crippen molar-refractivity contribution in [3.63, 3.8) is 0 Å². The van der Waals surface area contributed by atoms with Crippen molar-refractivity contribution in [2.24, 2.45) is 22.4 Å². The van der Waals surface area contributed by atoms with E-state index in [0.29, 0.717) is 19.0 Å². The number of hydrogen-bond donors (Lipinski definition) is 3. The van der Waals surface area contributed by atoms with Gasteiger partial charge in [-0.05, 0) is 29.9 Å². The number of nitrogens with two attached hydrogens (primary N) is 2. The van der Waals surface area contributed by atoms with E-state index in [0.717, 1.165) is 23.6 Å². The molecule has 0 aromatic heterocycles. The van der Waals surface area contributed by atoms with Crippen LogP contribution in [0.1, 0.15) is 24.0 Å². The summed E-state index contributed by atoms with van der Waals surface area (Å²) in [6, 6.07) is 8.14. The van der Waals surface area contributed by atoms with Gasteiger partial charge in [0.25, 0.3) is 0 Å². The van der Waals surface area contributed by atoms with Crippen LogP contribution in [-0.4, -0.2) is 12.5 Å². The molecule has 0 atom stereocenters. The van der Waals surface area contributed by atoms with Gasteiger partial charge in [-0.3, -0.25) is 0 Å². The molecule has 1 saturated carbocycles. The van der Waals surface area contributed by atoms with Crippen molar-refractivity contribution in [2.75, 3.05) is 6.54 Å². The van der Waals surface area contributed by atoms with Gasteiger partial charge in [-0.25, -0.2) is 4.99 Å². The first-order chi connectivity index (χ1) is 8.28. The van der Waals surface area contributed by atoms with Gasteiger partial charge in [0.1, 0.15) is 0 Å². The highest BCUT2D eigenvalue weighted by molar-refractivity contribution is 5.77. The summed E-state index contributed by atoms with van der Waals surface area (Å²) >= 11 is 0. The molecule has 0 radical (unpaired) electrons. The lowest BCUT2D eigenvalue weighted by molar-refractivity contribution is 0.763. The molecular formula is C13H20N4. The third kappa shape index (κ3) is 4.07. The zero-order valence-corrected chi connectivity index (χ0v) is 10.0. The maximum Gasteiger partial charge on any atom is 0.188 e. The van der Waals surface area contributed by atoms with Gasteiger partial charge in [-0.15, -0.1) is 0 Å². The first kappa shape index (κ1) is 11.9. The number of rotatable bonds is 5. The highest BCUT2D eigenvalue weighted by Crippen LogP contribution is 2.27. The molecule has 17 heavy (non-hydrogen) atoms. The molecule has 0 aliphatic heterocycles. The summed E-state index contributed by atoms with van der Waals surface area (Å²) in [7, 11) is 0. The van der Waals surface area contributed by atoms with Gasteiger partial charge < -0.3 is 16.8 Å². The number of nitrogens with zero attached hydrogens (tertiary/aromatic N) is 1. The van der Waals surface area contributed by atoms with Crippen LogP contribution in [0.2, 0.25) is 0 Å². The van der Waals surface area contributed by atoms with E-state index in [-0.39, 0.29) is 0 Å². The van der Waals surface area contributed by atoms with E-state index in [9.17, 15) is 0 Å². The Hall–Kier alpha value is -1.55. The van der Waals surface area contributed by atoms with Crippen molar-refractivity contribution in [1.29, 1.82) is 0 Å². The zero-order valence-electron chi connectivity index (χ0n) is 10.0. The molecule has 0 bridgehead atoms. The third-order valence-electron chi connectivity index (χ3n) is 2.96. The lowest BCUT2D eigenvalue weighted by Crippen LogP contribution is -2.33. The molecule has 4 heteroatoms. The summed E-state index contributed by atoms with van der Waals surface area (Å²) in [5.74, 6) is 1.35. The fourth-order valence-corrected chi connectivity index (χ4v) is 1.58. The Labute approximate surface area is 102 Å². The monoisotopic (exact) mass is 232 g/mol. The van der Waals surface area contributed by atoms with Gasteiger partial charge in [0.2, 0.25) is 0 Å². The maximum absolute atomic E-state index is 5.77. The molecule has 92 valence electrons. The van der Waals surface area contributed by atoms with Crippen LogP contribution in [0.3, 0.4) is 0 Å². The van der Waals surface area contributed by atoms with E-state index in [2.05, 4.69) is 10.3 Å². The summed E-state index contributed by atoms with van der Waals surface area (Å²) in [6.07, 6.45) is 2.64. The molecule has 1 aromatic rings. The van der Waals surface area contributed by atoms with Crippen molar-refractivity contribution >= 4 is 5.96 Å². The smallest absolute Gasteiger partial charge is 0.188 e. The van der Waals surface area contributed by atoms with Crippen molar-refractivity contribution in [2.45, 2.75) is 25.9 Å². The minimum absolute atomic E-state index is 0.541. The largest absolute Gasteiger partial charge is 0.370 e. The van der Waals surface area contributed by atoms with Crippen LogP contribution in [0.25, 0.3) is 0 Å². The minimum atomic E-state index is 0.541. The molecule has 0 spiro atoms. The van der Waals surface area contributed by atoms with Gasteiger partial charge in [0.15, 0.2) is 5.96 Å². The standard InChI is InChI=1S/C13H20N4/c14-7-10-1-3-11(4-2-10)8-16-13(15)17-9-12-5-6-12/h1-4,12H,5-9,14H2,(H3,15,16,17). The van der Waals surface area contributed by atoms with Gasteiger partial charge in [-0.2, -0.15) is 0 Å². The molecule has 0 unspecified atom stereocenters. The van der Waals surface area contributed by atoms with Crippen LogP contribution < -0.4 is 16.8 Å². The molecule has 1 fully saturated rings. The molecule has 1 aliphatic carbocycles. The van der Waals surface area contributed by atoms with Gasteiger partial charge in [0.05, 0.1) is 6.54 Å². The second-order valence-electron chi connectivity index (χ2n) is 4.55. The molecule has 0 amide bonds. The molecule has 4 nitrogen and oxygen atoms in total. The van der Waals surface area contributed by atoms with Crippen molar-refractivity contribution in [3.8, 4) is 0 Å². The van der Waals surface area contributed by atoms with Crippen molar-refractivity contribution in [3.05, 3.63) is 35.4 Å². The van der Waals surface area contributed by atoms with E-state index in [1.165, 1.54) is 12.8 Å². The second-order valence-corrected chi connectivity index (χ2v) is 4.55. The van der Waals surface area contributed by atoms with Gasteiger partial charge in [-0.1, -0.05) is 24.3 Å². The molecular weight excluding hydrogens is 212 g/mol. The van der Waals surface area contributed by atoms with Gasteiger partial charge >= 0.3 is 0 Å². The minimum Gasteiger partial charge on any atom is -0.370 e. The quantitative estimate of drug-likeness (QED) is 0.523. The first-order valence-corrected chi connectivity index (χ1v) is 6.09. The Bertz CT molecular complexity index is 379. The molecule has 0 heterocycles. The molecule has 1 aliphatic rings. The van der Waals surface area contributed by atoms with Crippen molar-refractivity contribution < 1.29 is 0 Å². The van der Waals surface area contributed by atoms with Gasteiger partial charge in [0, 0.05) is 13.1 Å². The van der Waals surface area contributed by atoms with Crippen LogP contribution in [-0.2, 0) is 13.1 Å². The Balaban J connectivity index is 1.79. The summed E-state index contributed by atoms with van der Waals surface area (Å²) in [5, 5.41) is 3.15. The number of aliphatic imine (C=N–C) groups is 1. The molecule has 5 N–H and O–H groups in total. The number of hydrogen-bond acceptors (Lipinski definition) is 2. The number of nitrogens with one attached hydrogen (secondary N) is 1. The predicted octanol–water partition coefficient (Wildman–Crippen LogP) is 0.960. The van der Waals surface area contributed by atoms with E-state index < -0.39 is 0 Å². The Morgan fingerprint density at radius 3 is 2.47 bits per heavy atom. The lowest BCUT2D eigenvalue weighted by Gasteiger charge is -2.04. The fourth-order valence-electron chi connectivity index (χ4n) is 1.58. The second kappa shape index (κ2) is 5.68. The SMILES string of the molecule is NCc1ccc(CN=C(N)NCC2CC2)cc1. The zero-order chi connectivity index (χ0) is 12.1. The number of guanidine groups is 1. The average Bonchev–Trinajstić information content (AvgIpc) is 3.18. The molecule has 1 aromatic carbocycles. The normalized spacial score (nSPS) is 15.9. The lowest BCUT2D eigenvalue weighted by atomic mass is 10.1. The molecule has 0 saturated heterocycles. The summed E-state index contributed by atoms with van der Waals surface area (Å²) < 4.78 is 0. The van der Waals surface area contributed by atoms with E-state index >= 15 is 0 Å². The number of benzene rings is 1. The van der Waals surface area contributed by atoms with E-state index in [1.54, 1.807) is 0 Å². The Morgan fingerprint density at radius 2 is 1.88 bits per heavy atom.